The van der Waals surface area contributed by atoms with E-state index in [0.29, 0.717) is 0 Å². The summed E-state index contributed by atoms with van der Waals surface area (Å²) < 4.78 is 2.21. The van der Waals surface area contributed by atoms with Crippen LogP contribution in [0.5, 0.6) is 0 Å². The van der Waals surface area contributed by atoms with Crippen molar-refractivity contribution < 1.29 is 0 Å². The molecule has 0 saturated carbocycles. The fourth-order valence-electron chi connectivity index (χ4n) is 3.58. The van der Waals surface area contributed by atoms with Crippen LogP contribution in [0.15, 0.2) is 67.3 Å². The number of nitrogens with zero attached hydrogens (tertiary/aromatic N) is 4. The maximum atomic E-state index is 5.66. The highest BCUT2D eigenvalue weighted by Crippen LogP contribution is 2.39. The van der Waals surface area contributed by atoms with Crippen LogP contribution in [0.4, 0.5) is 0 Å². The normalized spacial score (nSPS) is 19.6. The van der Waals surface area contributed by atoms with Gasteiger partial charge in [0.05, 0.1) is 17.8 Å². The minimum Gasteiger partial charge on any atom is -0.352 e. The highest BCUT2D eigenvalue weighted by Gasteiger charge is 2.40. The average Bonchev–Trinajstić information content (AvgIpc) is 3.28. The molecule has 0 spiro atoms. The van der Waals surface area contributed by atoms with Crippen molar-refractivity contribution in [3.8, 4) is 5.69 Å². The zero-order chi connectivity index (χ0) is 17.9. The first kappa shape index (κ1) is 16.7. The van der Waals surface area contributed by atoms with E-state index in [4.69, 9.17) is 12.2 Å². The van der Waals surface area contributed by atoms with Crippen LogP contribution in [0.3, 0.4) is 0 Å². The summed E-state index contributed by atoms with van der Waals surface area (Å²) in [5.74, 6) is 0. The van der Waals surface area contributed by atoms with E-state index in [1.165, 1.54) is 5.69 Å². The molecule has 1 aliphatic rings. The third-order valence-corrected chi connectivity index (χ3v) is 5.04. The van der Waals surface area contributed by atoms with Gasteiger partial charge in [-0.15, -0.1) is 0 Å². The maximum Gasteiger partial charge on any atom is 0.170 e. The Morgan fingerprint density at radius 3 is 2.65 bits per heavy atom. The molecule has 132 valence electrons. The molecule has 0 amide bonds. The van der Waals surface area contributed by atoms with Crippen molar-refractivity contribution in [2.45, 2.75) is 25.4 Å². The van der Waals surface area contributed by atoms with Crippen LogP contribution >= 0.6 is 12.2 Å². The Morgan fingerprint density at radius 1 is 1.08 bits per heavy atom. The van der Waals surface area contributed by atoms with Crippen molar-refractivity contribution in [2.24, 2.45) is 0 Å². The summed E-state index contributed by atoms with van der Waals surface area (Å²) in [7, 11) is 0. The van der Waals surface area contributed by atoms with Gasteiger partial charge in [-0.3, -0.25) is 9.97 Å². The summed E-state index contributed by atoms with van der Waals surface area (Å²) in [4.78, 5) is 11.0. The predicted octanol–water partition coefficient (Wildman–Crippen LogP) is 3.65. The van der Waals surface area contributed by atoms with Crippen LogP contribution in [-0.2, 0) is 0 Å². The second kappa shape index (κ2) is 7.25. The largest absolute Gasteiger partial charge is 0.352 e. The zero-order valence-electron chi connectivity index (χ0n) is 14.6. The Kier molecular flexibility index (Phi) is 4.67. The Labute approximate surface area is 158 Å². The third-order valence-electron chi connectivity index (χ3n) is 4.69. The Hall–Kier alpha value is -2.73. The van der Waals surface area contributed by atoms with E-state index in [2.05, 4.69) is 56.1 Å². The Bertz CT molecular complexity index is 877. The predicted molar refractivity (Wildman–Crippen MR) is 106 cm³/mol. The van der Waals surface area contributed by atoms with E-state index in [0.717, 1.165) is 29.5 Å². The third kappa shape index (κ3) is 2.97. The summed E-state index contributed by atoms with van der Waals surface area (Å²) in [6.07, 6.45) is 8.59. The van der Waals surface area contributed by atoms with E-state index in [-0.39, 0.29) is 12.1 Å². The van der Waals surface area contributed by atoms with Crippen molar-refractivity contribution in [1.29, 1.82) is 0 Å². The minimum absolute atomic E-state index is 0.0192. The highest BCUT2D eigenvalue weighted by atomic mass is 32.1. The molecule has 1 N–H and O–H groups in total. The molecule has 1 saturated heterocycles. The van der Waals surface area contributed by atoms with Gasteiger partial charge in [0.1, 0.15) is 0 Å². The fraction of sp³-hybridized carbons (Fsp3) is 0.250. The van der Waals surface area contributed by atoms with Gasteiger partial charge in [-0.1, -0.05) is 13.0 Å². The lowest BCUT2D eigenvalue weighted by Gasteiger charge is -2.28. The monoisotopic (exact) mass is 363 g/mol. The molecule has 4 rings (SSSR count). The van der Waals surface area contributed by atoms with E-state index in [1.807, 2.05) is 42.9 Å². The molecule has 3 aromatic rings. The summed E-state index contributed by atoms with van der Waals surface area (Å²) >= 11 is 5.66. The van der Waals surface area contributed by atoms with Gasteiger partial charge < -0.3 is 14.8 Å². The lowest BCUT2D eigenvalue weighted by molar-refractivity contribution is 0.309. The van der Waals surface area contributed by atoms with Crippen LogP contribution in [0.1, 0.15) is 36.8 Å². The lowest BCUT2D eigenvalue weighted by atomic mass is 10.0. The van der Waals surface area contributed by atoms with E-state index >= 15 is 0 Å². The second-order valence-corrected chi connectivity index (χ2v) is 6.72. The highest BCUT2D eigenvalue weighted by molar-refractivity contribution is 7.80. The van der Waals surface area contributed by atoms with Gasteiger partial charge in [-0.2, -0.15) is 0 Å². The smallest absolute Gasteiger partial charge is 0.170 e. The number of thiocarbonyl (C=S) groups is 1. The molecule has 1 fully saturated rings. The van der Waals surface area contributed by atoms with Crippen LogP contribution in [0.25, 0.3) is 5.69 Å². The van der Waals surface area contributed by atoms with Gasteiger partial charge in [0.15, 0.2) is 5.11 Å². The molecule has 0 radical (unpaired) electrons. The van der Waals surface area contributed by atoms with Crippen LogP contribution in [0, 0.1) is 0 Å². The van der Waals surface area contributed by atoms with Crippen molar-refractivity contribution >= 4 is 17.3 Å². The van der Waals surface area contributed by atoms with Crippen molar-refractivity contribution in [2.75, 3.05) is 6.54 Å². The van der Waals surface area contributed by atoms with Gasteiger partial charge in [0, 0.05) is 42.7 Å². The molecular weight excluding hydrogens is 342 g/mol. The van der Waals surface area contributed by atoms with Crippen LogP contribution in [-0.4, -0.2) is 31.1 Å². The molecule has 0 aromatic carbocycles. The fourth-order valence-corrected chi connectivity index (χ4v) is 3.92. The van der Waals surface area contributed by atoms with E-state index in [9.17, 15) is 0 Å². The molecule has 0 unspecified atom stereocenters. The molecule has 4 heterocycles. The second-order valence-electron chi connectivity index (χ2n) is 6.33. The first-order valence-corrected chi connectivity index (χ1v) is 9.26. The molecule has 3 aromatic heterocycles. The number of aromatic nitrogens is 3. The molecule has 1 aliphatic heterocycles. The van der Waals surface area contributed by atoms with Crippen molar-refractivity contribution in [3.05, 3.63) is 78.6 Å². The van der Waals surface area contributed by atoms with Crippen molar-refractivity contribution in [3.63, 3.8) is 0 Å². The molecule has 26 heavy (non-hydrogen) atoms. The number of hydrogen-bond donors (Lipinski definition) is 1. The van der Waals surface area contributed by atoms with Crippen LogP contribution < -0.4 is 5.32 Å². The standard InChI is InChI=1S/C20H21N5S/c1-2-13-25-19(18(23-20(25)26)16-6-3-4-10-22-16)17-7-5-14-24(17)15-8-11-21-12-9-15/h3-12,14,18-19H,2,13H2,1H3,(H,23,26)/t18-,19+/m1/s1. The van der Waals surface area contributed by atoms with Crippen molar-refractivity contribution in [1.82, 2.24) is 24.8 Å². The topological polar surface area (TPSA) is 46.0 Å². The Morgan fingerprint density at radius 2 is 1.92 bits per heavy atom. The molecule has 5 nitrogen and oxygen atoms in total. The first-order chi connectivity index (χ1) is 12.8. The number of rotatable bonds is 5. The zero-order valence-corrected chi connectivity index (χ0v) is 15.4. The van der Waals surface area contributed by atoms with Crippen LogP contribution in [0.2, 0.25) is 0 Å². The first-order valence-electron chi connectivity index (χ1n) is 8.85. The van der Waals surface area contributed by atoms with Gasteiger partial charge in [0.2, 0.25) is 0 Å². The molecular formula is C20H21N5S. The lowest BCUT2D eigenvalue weighted by Crippen LogP contribution is -2.31. The molecule has 0 aliphatic carbocycles. The number of pyridine rings is 2. The van der Waals surface area contributed by atoms with E-state index in [1.54, 1.807) is 0 Å². The summed E-state index contributed by atoms with van der Waals surface area (Å²) in [5, 5.41) is 4.28. The maximum absolute atomic E-state index is 5.66. The van der Waals surface area contributed by atoms with Gasteiger partial charge in [-0.25, -0.2) is 0 Å². The average molecular weight is 363 g/mol. The Balaban J connectivity index is 1.81. The van der Waals surface area contributed by atoms with E-state index < -0.39 is 0 Å². The molecule has 0 bridgehead atoms. The quantitative estimate of drug-likeness (QED) is 0.701. The minimum atomic E-state index is 0.0192. The molecule has 6 heteroatoms. The number of hydrogen-bond acceptors (Lipinski definition) is 3. The van der Waals surface area contributed by atoms with Gasteiger partial charge >= 0.3 is 0 Å². The SMILES string of the molecule is CCCN1C(=S)N[C@H](c2ccccn2)[C@@H]1c1cccn1-c1ccncc1. The summed E-state index contributed by atoms with van der Waals surface area (Å²) in [5.41, 5.74) is 3.28. The molecule has 2 atom stereocenters. The van der Waals surface area contributed by atoms with Gasteiger partial charge in [-0.05, 0) is 55.0 Å². The summed E-state index contributed by atoms with van der Waals surface area (Å²) in [6.45, 7) is 3.08. The summed E-state index contributed by atoms with van der Waals surface area (Å²) in [6, 6.07) is 14.4. The van der Waals surface area contributed by atoms with Gasteiger partial charge in [0.25, 0.3) is 0 Å². The number of nitrogens with one attached hydrogen (secondary N) is 1.